The molecule has 1 aromatic heterocycles. The van der Waals surface area contributed by atoms with Gasteiger partial charge in [0.25, 0.3) is 0 Å². The van der Waals surface area contributed by atoms with E-state index in [2.05, 4.69) is 63.0 Å². The van der Waals surface area contributed by atoms with Crippen molar-refractivity contribution in [3.05, 3.63) is 77.1 Å². The number of ether oxygens (including phenoxy) is 1. The summed E-state index contributed by atoms with van der Waals surface area (Å²) in [5.74, 6) is 1.85. The molecule has 2 heterocycles. The summed E-state index contributed by atoms with van der Waals surface area (Å²) < 4.78 is 8.17. The minimum atomic E-state index is 0.460. The highest BCUT2D eigenvalue weighted by molar-refractivity contribution is 5.35. The van der Waals surface area contributed by atoms with Crippen LogP contribution in [0.15, 0.2) is 54.6 Å². The molecule has 27 heavy (non-hydrogen) atoms. The van der Waals surface area contributed by atoms with Gasteiger partial charge in [-0.1, -0.05) is 54.6 Å². The number of aryl methyl sites for hydroxylation is 1. The summed E-state index contributed by atoms with van der Waals surface area (Å²) in [6.45, 7) is 6.07. The predicted octanol–water partition coefficient (Wildman–Crippen LogP) is 3.95. The molecule has 1 saturated heterocycles. The van der Waals surface area contributed by atoms with E-state index in [0.29, 0.717) is 13.2 Å². The topological polar surface area (TPSA) is 43.2 Å². The smallest absolute Gasteiger partial charge is 0.227 e. The van der Waals surface area contributed by atoms with Gasteiger partial charge in [0, 0.05) is 13.1 Å². The van der Waals surface area contributed by atoms with Gasteiger partial charge in [-0.25, -0.2) is 0 Å². The fourth-order valence-electron chi connectivity index (χ4n) is 3.54. The highest BCUT2D eigenvalue weighted by Gasteiger charge is 2.21. The van der Waals surface area contributed by atoms with Crippen molar-refractivity contribution in [2.24, 2.45) is 0 Å². The molecule has 0 radical (unpaired) electrons. The zero-order chi connectivity index (χ0) is 18.5. The normalized spacial score (nSPS) is 14.0. The van der Waals surface area contributed by atoms with Gasteiger partial charge in [0.2, 0.25) is 5.95 Å². The molecule has 1 fully saturated rings. The third kappa shape index (κ3) is 4.19. The fraction of sp³-hybridized carbons (Fsp3) is 0.364. The number of anilines is 1. The lowest BCUT2D eigenvalue weighted by Crippen LogP contribution is -2.23. The molecule has 140 valence electrons. The average molecular weight is 362 g/mol. The summed E-state index contributed by atoms with van der Waals surface area (Å²) >= 11 is 0. The molecule has 0 unspecified atom stereocenters. The number of benzene rings is 2. The summed E-state index contributed by atoms with van der Waals surface area (Å²) in [6.07, 6.45) is 2.44. The Kier molecular flexibility index (Phi) is 5.49. The highest BCUT2D eigenvalue weighted by atomic mass is 16.5. The van der Waals surface area contributed by atoms with E-state index in [-0.39, 0.29) is 0 Å². The van der Waals surface area contributed by atoms with Gasteiger partial charge in [0.05, 0.1) is 13.2 Å². The van der Waals surface area contributed by atoms with E-state index in [4.69, 9.17) is 4.74 Å². The molecule has 1 aliphatic heterocycles. The van der Waals surface area contributed by atoms with E-state index >= 15 is 0 Å². The van der Waals surface area contributed by atoms with Gasteiger partial charge in [0.15, 0.2) is 5.82 Å². The minimum absolute atomic E-state index is 0.460. The Bertz CT molecular complexity index is 869. The van der Waals surface area contributed by atoms with Crippen molar-refractivity contribution in [2.45, 2.75) is 39.5 Å². The highest BCUT2D eigenvalue weighted by Crippen LogP contribution is 2.22. The molecule has 0 N–H and O–H groups in total. The average Bonchev–Trinajstić information content (AvgIpc) is 3.35. The standard InChI is InChI=1S/C22H26N4O/c1-18-9-5-6-12-20(18)15-26-21(17-27-16-19-10-3-2-4-11-19)23-24-22(26)25-13-7-8-14-25/h2-6,9-12H,7-8,13-17H2,1H3. The van der Waals surface area contributed by atoms with E-state index in [9.17, 15) is 0 Å². The lowest BCUT2D eigenvalue weighted by atomic mass is 10.1. The van der Waals surface area contributed by atoms with Gasteiger partial charge in [-0.15, -0.1) is 10.2 Å². The molecule has 4 rings (SSSR count). The Labute approximate surface area is 160 Å². The third-order valence-corrected chi connectivity index (χ3v) is 5.13. The SMILES string of the molecule is Cc1ccccc1Cn1c(COCc2ccccc2)nnc1N1CCCC1. The maximum Gasteiger partial charge on any atom is 0.227 e. The first-order valence-electron chi connectivity index (χ1n) is 9.64. The molecule has 0 amide bonds. The zero-order valence-electron chi connectivity index (χ0n) is 15.8. The fourth-order valence-corrected chi connectivity index (χ4v) is 3.54. The van der Waals surface area contributed by atoms with Crippen LogP contribution in [0.2, 0.25) is 0 Å². The van der Waals surface area contributed by atoms with E-state index in [1.807, 2.05) is 18.2 Å². The first kappa shape index (κ1) is 17.7. The number of nitrogens with zero attached hydrogens (tertiary/aromatic N) is 4. The summed E-state index contributed by atoms with van der Waals surface area (Å²) in [5, 5.41) is 8.97. The van der Waals surface area contributed by atoms with Crippen LogP contribution in [-0.2, 0) is 24.5 Å². The van der Waals surface area contributed by atoms with E-state index in [0.717, 1.165) is 31.4 Å². The van der Waals surface area contributed by atoms with Gasteiger partial charge in [0.1, 0.15) is 6.61 Å². The van der Waals surface area contributed by atoms with E-state index < -0.39 is 0 Å². The number of hydrogen-bond acceptors (Lipinski definition) is 4. The van der Waals surface area contributed by atoms with Crippen molar-refractivity contribution in [2.75, 3.05) is 18.0 Å². The van der Waals surface area contributed by atoms with Gasteiger partial charge in [-0.05, 0) is 36.5 Å². The maximum absolute atomic E-state index is 5.95. The Hall–Kier alpha value is -2.66. The second-order valence-electron chi connectivity index (χ2n) is 7.10. The van der Waals surface area contributed by atoms with Crippen LogP contribution < -0.4 is 4.90 Å². The monoisotopic (exact) mass is 362 g/mol. The van der Waals surface area contributed by atoms with Crippen LogP contribution >= 0.6 is 0 Å². The first-order valence-corrected chi connectivity index (χ1v) is 9.64. The first-order chi connectivity index (χ1) is 13.3. The Balaban J connectivity index is 1.54. The molecular weight excluding hydrogens is 336 g/mol. The second kappa shape index (κ2) is 8.35. The van der Waals surface area contributed by atoms with Gasteiger partial charge < -0.3 is 9.64 Å². The molecule has 1 aliphatic rings. The molecule has 5 heteroatoms. The zero-order valence-corrected chi connectivity index (χ0v) is 15.8. The Morgan fingerprint density at radius 1 is 0.889 bits per heavy atom. The summed E-state index contributed by atoms with van der Waals surface area (Å²) in [6, 6.07) is 18.7. The van der Waals surface area contributed by atoms with Crippen molar-refractivity contribution in [1.82, 2.24) is 14.8 Å². The van der Waals surface area contributed by atoms with Crippen LogP contribution in [0.1, 0.15) is 35.4 Å². The molecule has 0 bridgehead atoms. The quantitative estimate of drug-likeness (QED) is 0.638. The largest absolute Gasteiger partial charge is 0.369 e. The van der Waals surface area contributed by atoms with Crippen LogP contribution in [0, 0.1) is 6.92 Å². The summed E-state index contributed by atoms with van der Waals surface area (Å²) in [4.78, 5) is 2.34. The van der Waals surface area contributed by atoms with Crippen LogP contribution in [0.5, 0.6) is 0 Å². The Morgan fingerprint density at radius 3 is 2.41 bits per heavy atom. The molecule has 0 saturated carbocycles. The summed E-state index contributed by atoms with van der Waals surface area (Å²) in [5.41, 5.74) is 3.75. The lowest BCUT2D eigenvalue weighted by Gasteiger charge is -2.19. The molecule has 3 aromatic rings. The summed E-state index contributed by atoms with van der Waals surface area (Å²) in [7, 11) is 0. The Morgan fingerprint density at radius 2 is 1.63 bits per heavy atom. The van der Waals surface area contributed by atoms with Crippen molar-refractivity contribution in [3.8, 4) is 0 Å². The van der Waals surface area contributed by atoms with Crippen molar-refractivity contribution < 1.29 is 4.74 Å². The van der Waals surface area contributed by atoms with Crippen LogP contribution in [-0.4, -0.2) is 27.9 Å². The van der Waals surface area contributed by atoms with Gasteiger partial charge >= 0.3 is 0 Å². The van der Waals surface area contributed by atoms with Gasteiger partial charge in [-0.2, -0.15) is 0 Å². The minimum Gasteiger partial charge on any atom is -0.369 e. The molecule has 2 aromatic carbocycles. The number of rotatable bonds is 7. The number of aromatic nitrogens is 3. The van der Waals surface area contributed by atoms with E-state index in [1.54, 1.807) is 0 Å². The maximum atomic E-state index is 5.95. The second-order valence-corrected chi connectivity index (χ2v) is 7.10. The molecular formula is C22H26N4O. The van der Waals surface area contributed by atoms with Gasteiger partial charge in [-0.3, -0.25) is 4.57 Å². The molecule has 0 spiro atoms. The van der Waals surface area contributed by atoms with Crippen molar-refractivity contribution in [3.63, 3.8) is 0 Å². The van der Waals surface area contributed by atoms with Crippen molar-refractivity contribution >= 4 is 5.95 Å². The van der Waals surface area contributed by atoms with Crippen LogP contribution in [0.25, 0.3) is 0 Å². The number of hydrogen-bond donors (Lipinski definition) is 0. The third-order valence-electron chi connectivity index (χ3n) is 5.13. The lowest BCUT2D eigenvalue weighted by molar-refractivity contribution is 0.0994. The van der Waals surface area contributed by atoms with Crippen LogP contribution in [0.3, 0.4) is 0 Å². The van der Waals surface area contributed by atoms with Crippen LogP contribution in [0.4, 0.5) is 5.95 Å². The molecule has 5 nitrogen and oxygen atoms in total. The van der Waals surface area contributed by atoms with Crippen molar-refractivity contribution in [1.29, 1.82) is 0 Å². The van der Waals surface area contributed by atoms with E-state index in [1.165, 1.54) is 29.5 Å². The predicted molar refractivity (Wildman–Crippen MR) is 107 cm³/mol. The molecule has 0 aliphatic carbocycles. The molecule has 0 atom stereocenters.